The predicted octanol–water partition coefficient (Wildman–Crippen LogP) is 7.65. The Morgan fingerprint density at radius 2 is 1.64 bits per heavy atom. The molecule has 0 spiro atoms. The Morgan fingerprint density at radius 3 is 2.38 bits per heavy atom. The third-order valence-electron chi connectivity index (χ3n) is 7.51. The number of nitrogens with zero attached hydrogens (tertiary/aromatic N) is 3. The molecular weight excluding hydrogens is 588 g/mol. The fourth-order valence-electron chi connectivity index (χ4n) is 5.23. The third kappa shape index (κ3) is 6.10. The highest BCUT2D eigenvalue weighted by molar-refractivity contribution is 6.07. The van der Waals surface area contributed by atoms with E-state index in [0.29, 0.717) is 28.2 Å². The molecule has 0 saturated heterocycles. The van der Waals surface area contributed by atoms with E-state index in [1.165, 1.54) is 24.4 Å². The zero-order valence-corrected chi connectivity index (χ0v) is 23.6. The van der Waals surface area contributed by atoms with Crippen molar-refractivity contribution in [1.29, 1.82) is 0 Å². The molecule has 0 fully saturated rings. The Morgan fingerprint density at radius 1 is 0.911 bits per heavy atom. The van der Waals surface area contributed by atoms with Crippen molar-refractivity contribution < 1.29 is 32.3 Å². The number of carbonyl (C=O) groups is 2. The molecule has 6 aromatic rings. The fraction of sp³-hybridized carbons (Fsp3) is 0.118. The first-order chi connectivity index (χ1) is 21.5. The monoisotopic (exact) mass is 612 g/mol. The summed E-state index contributed by atoms with van der Waals surface area (Å²) in [7, 11) is 0. The minimum Gasteiger partial charge on any atom is -0.478 e. The van der Waals surface area contributed by atoms with Gasteiger partial charge in [-0.05, 0) is 78.2 Å². The van der Waals surface area contributed by atoms with Gasteiger partial charge in [0.1, 0.15) is 5.82 Å². The highest BCUT2D eigenvalue weighted by Crippen LogP contribution is 2.35. The maximum atomic E-state index is 14.4. The molecule has 0 aliphatic heterocycles. The van der Waals surface area contributed by atoms with Crippen LogP contribution in [0.3, 0.4) is 0 Å². The van der Waals surface area contributed by atoms with Crippen LogP contribution in [0.2, 0.25) is 0 Å². The molecule has 0 saturated carbocycles. The minimum absolute atomic E-state index is 0.0560. The van der Waals surface area contributed by atoms with E-state index in [2.05, 4.69) is 10.4 Å². The number of nitrogens with one attached hydrogen (secondary N) is 1. The normalized spacial score (nSPS) is 12.4. The molecule has 0 radical (unpaired) electrons. The van der Waals surface area contributed by atoms with Crippen LogP contribution in [0.4, 0.5) is 17.6 Å². The van der Waals surface area contributed by atoms with E-state index < -0.39 is 35.5 Å². The topological polar surface area (TPSA) is 97.1 Å². The molecule has 0 aliphatic rings. The Balaban J connectivity index is 1.43. The maximum Gasteiger partial charge on any atom is 0.416 e. The highest BCUT2D eigenvalue weighted by Gasteiger charge is 2.31. The molecule has 7 nitrogen and oxygen atoms in total. The zero-order chi connectivity index (χ0) is 31.9. The molecule has 11 heteroatoms. The molecule has 2 heterocycles. The van der Waals surface area contributed by atoms with Gasteiger partial charge in [0.15, 0.2) is 0 Å². The average molecular weight is 613 g/mol. The second-order valence-electron chi connectivity index (χ2n) is 10.6. The number of aromatic nitrogens is 3. The summed E-state index contributed by atoms with van der Waals surface area (Å²) in [5, 5.41) is 18.0. The number of hydrogen-bond donors (Lipinski definition) is 2. The number of para-hydroxylation sites is 1. The molecular formula is C34H24F4N4O3. The van der Waals surface area contributed by atoms with E-state index in [9.17, 15) is 32.3 Å². The lowest BCUT2D eigenvalue weighted by Gasteiger charge is -2.17. The van der Waals surface area contributed by atoms with Crippen molar-refractivity contribution in [1.82, 2.24) is 20.1 Å². The first-order valence-corrected chi connectivity index (χ1v) is 13.8. The van der Waals surface area contributed by atoms with Crippen LogP contribution in [0.5, 0.6) is 0 Å². The number of halogens is 4. The Labute approximate surface area is 253 Å². The first-order valence-electron chi connectivity index (χ1n) is 13.8. The van der Waals surface area contributed by atoms with E-state index in [-0.39, 0.29) is 28.8 Å². The number of benzene rings is 4. The Kier molecular flexibility index (Phi) is 7.53. The van der Waals surface area contributed by atoms with Crippen LogP contribution in [-0.4, -0.2) is 31.7 Å². The second kappa shape index (κ2) is 11.5. The lowest BCUT2D eigenvalue weighted by Crippen LogP contribution is -2.27. The van der Waals surface area contributed by atoms with Gasteiger partial charge in [-0.2, -0.15) is 18.3 Å². The van der Waals surface area contributed by atoms with Crippen LogP contribution in [0, 0.1) is 5.82 Å². The fourth-order valence-corrected chi connectivity index (χ4v) is 5.23. The number of carboxylic acids is 1. The number of carboxylic acid groups (broad SMARTS) is 1. The largest absolute Gasteiger partial charge is 0.478 e. The predicted molar refractivity (Wildman–Crippen MR) is 160 cm³/mol. The quantitative estimate of drug-likeness (QED) is 0.181. The van der Waals surface area contributed by atoms with Crippen molar-refractivity contribution >= 4 is 33.7 Å². The van der Waals surface area contributed by atoms with E-state index in [1.54, 1.807) is 29.8 Å². The summed E-state index contributed by atoms with van der Waals surface area (Å²) in [5.41, 5.74) is 1.67. The lowest BCUT2D eigenvalue weighted by atomic mass is 9.97. The van der Waals surface area contributed by atoms with Crippen LogP contribution < -0.4 is 5.32 Å². The van der Waals surface area contributed by atoms with E-state index in [1.807, 2.05) is 36.4 Å². The van der Waals surface area contributed by atoms with Gasteiger partial charge in [0.2, 0.25) is 0 Å². The van der Waals surface area contributed by atoms with Gasteiger partial charge in [-0.25, -0.2) is 9.18 Å². The molecule has 4 aromatic carbocycles. The molecule has 2 N–H and O–H groups in total. The van der Waals surface area contributed by atoms with Gasteiger partial charge in [0.25, 0.3) is 5.91 Å². The summed E-state index contributed by atoms with van der Waals surface area (Å²) >= 11 is 0. The zero-order valence-electron chi connectivity index (χ0n) is 23.6. The van der Waals surface area contributed by atoms with Crippen LogP contribution in [0.15, 0.2) is 97.2 Å². The standard InChI is InChI=1S/C34H24F4N4O3/c1-19(20-6-8-22(9-7-20)33(44)45)40-32(43)29-15-23(24-13-26(34(36,37)38)16-27(35)14-24)12-25-17-39-42(31(25)29)18-28-11-10-21-4-2-3-5-30(21)41-28/h2-17,19H,18H2,1H3,(H,40,43)(H,44,45)/t19-/m0/s1. The number of aromatic carboxylic acids is 1. The summed E-state index contributed by atoms with van der Waals surface area (Å²) in [6, 6.07) is 22.0. The summed E-state index contributed by atoms with van der Waals surface area (Å²) in [6.45, 7) is 1.91. The molecule has 1 atom stereocenters. The van der Waals surface area contributed by atoms with Gasteiger partial charge in [-0.1, -0.05) is 36.4 Å². The summed E-state index contributed by atoms with van der Waals surface area (Å²) in [6.07, 6.45) is -3.28. The Bertz CT molecular complexity index is 2090. The summed E-state index contributed by atoms with van der Waals surface area (Å²) in [5.74, 6) is -2.71. The number of rotatable bonds is 7. The van der Waals surface area contributed by atoms with Crippen molar-refractivity contribution in [3.8, 4) is 11.1 Å². The first kappa shape index (κ1) is 29.5. The molecule has 45 heavy (non-hydrogen) atoms. The molecule has 6 rings (SSSR count). The van der Waals surface area contributed by atoms with Crippen LogP contribution >= 0.6 is 0 Å². The van der Waals surface area contributed by atoms with Crippen molar-refractivity contribution in [2.75, 3.05) is 0 Å². The molecule has 2 aromatic heterocycles. The molecule has 0 bridgehead atoms. The third-order valence-corrected chi connectivity index (χ3v) is 7.51. The second-order valence-corrected chi connectivity index (χ2v) is 10.6. The van der Waals surface area contributed by atoms with Crippen molar-refractivity contribution in [3.05, 3.63) is 131 Å². The van der Waals surface area contributed by atoms with Gasteiger partial charge in [0.05, 0.1) is 52.2 Å². The Hall–Kier alpha value is -5.58. The van der Waals surface area contributed by atoms with E-state index >= 15 is 0 Å². The van der Waals surface area contributed by atoms with E-state index in [4.69, 9.17) is 4.98 Å². The molecule has 0 unspecified atom stereocenters. The number of alkyl halides is 3. The highest BCUT2D eigenvalue weighted by atomic mass is 19.4. The van der Waals surface area contributed by atoms with Crippen LogP contribution in [-0.2, 0) is 12.7 Å². The van der Waals surface area contributed by atoms with Gasteiger partial charge in [-0.15, -0.1) is 0 Å². The SMILES string of the molecule is C[C@H](NC(=O)c1cc(-c2cc(F)cc(C(F)(F)F)c2)cc2cnn(Cc3ccc4ccccc4n3)c12)c1ccc(C(=O)O)cc1. The number of pyridine rings is 1. The average Bonchev–Trinajstić information content (AvgIpc) is 3.42. The number of carbonyl (C=O) groups excluding carboxylic acids is 1. The van der Waals surface area contributed by atoms with Gasteiger partial charge in [0, 0.05) is 10.8 Å². The van der Waals surface area contributed by atoms with Crippen molar-refractivity contribution in [2.24, 2.45) is 0 Å². The lowest BCUT2D eigenvalue weighted by molar-refractivity contribution is -0.137. The van der Waals surface area contributed by atoms with Crippen LogP contribution in [0.25, 0.3) is 32.9 Å². The summed E-state index contributed by atoms with van der Waals surface area (Å²) in [4.78, 5) is 29.8. The number of fused-ring (bicyclic) bond motifs is 2. The van der Waals surface area contributed by atoms with E-state index in [0.717, 1.165) is 23.0 Å². The van der Waals surface area contributed by atoms with Gasteiger partial charge < -0.3 is 10.4 Å². The number of hydrogen-bond acceptors (Lipinski definition) is 4. The maximum absolute atomic E-state index is 14.4. The summed E-state index contributed by atoms with van der Waals surface area (Å²) < 4.78 is 56.5. The molecule has 1 amide bonds. The minimum atomic E-state index is -4.77. The van der Waals surface area contributed by atoms with Crippen molar-refractivity contribution in [3.63, 3.8) is 0 Å². The number of amides is 1. The van der Waals surface area contributed by atoms with Crippen LogP contribution in [0.1, 0.15) is 50.5 Å². The van der Waals surface area contributed by atoms with Crippen molar-refractivity contribution in [2.45, 2.75) is 25.7 Å². The smallest absolute Gasteiger partial charge is 0.416 e. The van der Waals surface area contributed by atoms with Gasteiger partial charge in [-0.3, -0.25) is 14.5 Å². The molecule has 226 valence electrons. The molecule has 0 aliphatic carbocycles. The van der Waals surface area contributed by atoms with Gasteiger partial charge >= 0.3 is 12.1 Å².